The van der Waals surface area contributed by atoms with E-state index in [2.05, 4.69) is 20.6 Å². The SMILES string of the molecule is CN=C(NCc1cccc(N(C)C)n1)NCC1(CCOC)CCC1. The minimum atomic E-state index is 0.372. The Morgan fingerprint density at radius 3 is 2.71 bits per heavy atom. The van der Waals surface area contributed by atoms with Gasteiger partial charge in [-0.05, 0) is 36.8 Å². The summed E-state index contributed by atoms with van der Waals surface area (Å²) < 4.78 is 5.26. The highest BCUT2D eigenvalue weighted by Gasteiger charge is 2.36. The normalized spacial score (nSPS) is 16.4. The first kappa shape index (κ1) is 18.5. The van der Waals surface area contributed by atoms with Crippen LogP contribution in [0.15, 0.2) is 23.2 Å². The zero-order valence-electron chi connectivity index (χ0n) is 15.4. The maximum atomic E-state index is 5.26. The molecule has 1 saturated carbocycles. The fourth-order valence-electron chi connectivity index (χ4n) is 2.99. The van der Waals surface area contributed by atoms with Crippen molar-refractivity contribution in [1.82, 2.24) is 15.6 Å². The predicted molar refractivity (Wildman–Crippen MR) is 99.5 cm³/mol. The van der Waals surface area contributed by atoms with Crippen LogP contribution < -0.4 is 15.5 Å². The van der Waals surface area contributed by atoms with Crippen LogP contribution in [0.4, 0.5) is 5.82 Å². The van der Waals surface area contributed by atoms with E-state index in [9.17, 15) is 0 Å². The van der Waals surface area contributed by atoms with E-state index in [-0.39, 0.29) is 0 Å². The highest BCUT2D eigenvalue weighted by Crippen LogP contribution is 2.43. The summed E-state index contributed by atoms with van der Waals surface area (Å²) in [7, 11) is 7.58. The van der Waals surface area contributed by atoms with Crippen LogP contribution in [0.25, 0.3) is 0 Å². The third kappa shape index (κ3) is 5.09. The number of guanidine groups is 1. The van der Waals surface area contributed by atoms with Gasteiger partial charge in [-0.15, -0.1) is 0 Å². The lowest BCUT2D eigenvalue weighted by atomic mass is 9.67. The summed E-state index contributed by atoms with van der Waals surface area (Å²) in [5.74, 6) is 1.79. The first-order chi connectivity index (χ1) is 11.6. The lowest BCUT2D eigenvalue weighted by Crippen LogP contribution is -2.46. The molecule has 1 aromatic rings. The molecule has 1 heterocycles. The molecule has 1 aliphatic carbocycles. The molecule has 2 N–H and O–H groups in total. The van der Waals surface area contributed by atoms with Crippen molar-refractivity contribution in [1.29, 1.82) is 0 Å². The number of ether oxygens (including phenoxy) is 1. The van der Waals surface area contributed by atoms with Crippen molar-refractivity contribution in [3.05, 3.63) is 23.9 Å². The molecule has 0 amide bonds. The molecule has 0 saturated heterocycles. The fourth-order valence-corrected chi connectivity index (χ4v) is 2.99. The molecule has 1 aromatic heterocycles. The number of aliphatic imine (C=N–C) groups is 1. The van der Waals surface area contributed by atoms with Crippen LogP contribution in [0, 0.1) is 5.41 Å². The molecule has 6 nitrogen and oxygen atoms in total. The van der Waals surface area contributed by atoms with Crippen molar-refractivity contribution in [2.75, 3.05) is 46.3 Å². The Morgan fingerprint density at radius 1 is 1.33 bits per heavy atom. The summed E-state index contributed by atoms with van der Waals surface area (Å²) in [4.78, 5) is 11.0. The van der Waals surface area contributed by atoms with Gasteiger partial charge < -0.3 is 20.3 Å². The third-order valence-corrected chi connectivity index (χ3v) is 4.79. The monoisotopic (exact) mass is 333 g/mol. The van der Waals surface area contributed by atoms with Gasteiger partial charge in [0.15, 0.2) is 5.96 Å². The smallest absolute Gasteiger partial charge is 0.191 e. The predicted octanol–water partition coefficient (Wildman–Crippen LogP) is 2.02. The molecule has 2 rings (SSSR count). The van der Waals surface area contributed by atoms with Gasteiger partial charge in [-0.1, -0.05) is 12.5 Å². The van der Waals surface area contributed by atoms with Crippen LogP contribution in [0.5, 0.6) is 0 Å². The molecule has 1 aliphatic rings. The molecule has 0 atom stereocenters. The van der Waals surface area contributed by atoms with Crippen LogP contribution >= 0.6 is 0 Å². The minimum absolute atomic E-state index is 0.372. The number of nitrogens with one attached hydrogen (secondary N) is 2. The number of hydrogen-bond donors (Lipinski definition) is 2. The second kappa shape index (κ2) is 8.87. The van der Waals surface area contributed by atoms with Gasteiger partial charge in [0.1, 0.15) is 5.82 Å². The van der Waals surface area contributed by atoms with Gasteiger partial charge >= 0.3 is 0 Å². The van der Waals surface area contributed by atoms with Gasteiger partial charge in [0.25, 0.3) is 0 Å². The van der Waals surface area contributed by atoms with E-state index in [1.54, 1.807) is 7.11 Å². The molecule has 0 spiro atoms. The topological polar surface area (TPSA) is 61.8 Å². The third-order valence-electron chi connectivity index (χ3n) is 4.79. The van der Waals surface area contributed by atoms with E-state index in [0.29, 0.717) is 12.0 Å². The number of rotatable bonds is 8. The first-order valence-corrected chi connectivity index (χ1v) is 8.65. The summed E-state index contributed by atoms with van der Waals surface area (Å²) in [6.07, 6.45) is 4.97. The lowest BCUT2D eigenvalue weighted by Gasteiger charge is -2.42. The van der Waals surface area contributed by atoms with Crippen LogP contribution in [0.2, 0.25) is 0 Å². The number of nitrogens with zero attached hydrogens (tertiary/aromatic N) is 3. The Labute approximate surface area is 145 Å². The quantitative estimate of drug-likeness (QED) is 0.563. The van der Waals surface area contributed by atoms with Crippen molar-refractivity contribution >= 4 is 11.8 Å². The van der Waals surface area contributed by atoms with Crippen molar-refractivity contribution < 1.29 is 4.74 Å². The second-order valence-corrected chi connectivity index (χ2v) is 6.76. The molecule has 134 valence electrons. The molecule has 1 fully saturated rings. The molecule has 0 radical (unpaired) electrons. The molecule has 0 aliphatic heterocycles. The number of pyridine rings is 1. The van der Waals surface area contributed by atoms with E-state index in [1.165, 1.54) is 19.3 Å². The zero-order chi connectivity index (χ0) is 17.4. The van der Waals surface area contributed by atoms with E-state index < -0.39 is 0 Å². The molecule has 24 heavy (non-hydrogen) atoms. The maximum Gasteiger partial charge on any atom is 0.191 e. The Kier molecular flexibility index (Phi) is 6.85. The number of anilines is 1. The highest BCUT2D eigenvalue weighted by molar-refractivity contribution is 5.79. The average molecular weight is 333 g/mol. The number of hydrogen-bond acceptors (Lipinski definition) is 4. The number of methoxy groups -OCH3 is 1. The van der Waals surface area contributed by atoms with E-state index in [4.69, 9.17) is 4.74 Å². The van der Waals surface area contributed by atoms with Crippen molar-refractivity contribution in [3.8, 4) is 0 Å². The Bertz CT molecular complexity index is 540. The molecule has 6 heteroatoms. The van der Waals surface area contributed by atoms with Crippen LogP contribution in [-0.4, -0.2) is 52.3 Å². The van der Waals surface area contributed by atoms with Gasteiger partial charge in [-0.3, -0.25) is 4.99 Å². The summed E-state index contributed by atoms with van der Waals surface area (Å²) >= 11 is 0. The maximum absolute atomic E-state index is 5.26. The average Bonchev–Trinajstić information content (AvgIpc) is 2.56. The summed E-state index contributed by atoms with van der Waals surface area (Å²) in [6, 6.07) is 6.07. The second-order valence-electron chi connectivity index (χ2n) is 6.76. The van der Waals surface area contributed by atoms with E-state index in [1.807, 2.05) is 44.2 Å². The molecule has 0 aromatic carbocycles. The molecule has 0 unspecified atom stereocenters. The Balaban J connectivity index is 1.83. The van der Waals surface area contributed by atoms with Crippen LogP contribution in [0.1, 0.15) is 31.4 Å². The van der Waals surface area contributed by atoms with Gasteiger partial charge in [0.2, 0.25) is 0 Å². The van der Waals surface area contributed by atoms with Crippen molar-refractivity contribution in [2.45, 2.75) is 32.2 Å². The van der Waals surface area contributed by atoms with Gasteiger partial charge in [0, 0.05) is 41.4 Å². The minimum Gasteiger partial charge on any atom is -0.385 e. The van der Waals surface area contributed by atoms with Crippen LogP contribution in [-0.2, 0) is 11.3 Å². The Hall–Kier alpha value is -1.82. The Morgan fingerprint density at radius 2 is 2.12 bits per heavy atom. The lowest BCUT2D eigenvalue weighted by molar-refractivity contribution is 0.0732. The highest BCUT2D eigenvalue weighted by atomic mass is 16.5. The van der Waals surface area contributed by atoms with E-state index >= 15 is 0 Å². The van der Waals surface area contributed by atoms with Gasteiger partial charge in [-0.25, -0.2) is 4.98 Å². The molecular weight excluding hydrogens is 302 g/mol. The van der Waals surface area contributed by atoms with E-state index in [0.717, 1.165) is 37.0 Å². The largest absolute Gasteiger partial charge is 0.385 e. The van der Waals surface area contributed by atoms with Crippen LogP contribution in [0.3, 0.4) is 0 Å². The van der Waals surface area contributed by atoms with Gasteiger partial charge in [-0.2, -0.15) is 0 Å². The standard InChI is InChI=1S/C18H31N5O/c1-19-17(21-14-18(9-6-10-18)11-12-24-4)20-13-15-7-5-8-16(22-15)23(2)3/h5,7-8H,6,9-14H2,1-4H3,(H2,19,20,21). The summed E-state index contributed by atoms with van der Waals surface area (Å²) in [5, 5.41) is 6.83. The first-order valence-electron chi connectivity index (χ1n) is 8.65. The van der Waals surface area contributed by atoms with Gasteiger partial charge in [0.05, 0.1) is 12.2 Å². The molecular formula is C18H31N5O. The molecule has 0 bridgehead atoms. The zero-order valence-corrected chi connectivity index (χ0v) is 15.4. The van der Waals surface area contributed by atoms with Crippen molar-refractivity contribution in [2.24, 2.45) is 10.4 Å². The summed E-state index contributed by atoms with van der Waals surface area (Å²) in [5.41, 5.74) is 1.37. The van der Waals surface area contributed by atoms with Crippen molar-refractivity contribution in [3.63, 3.8) is 0 Å². The number of aromatic nitrogens is 1. The fraction of sp³-hybridized carbons (Fsp3) is 0.667. The summed E-state index contributed by atoms with van der Waals surface area (Å²) in [6.45, 7) is 2.43.